The summed E-state index contributed by atoms with van der Waals surface area (Å²) < 4.78 is 10.5. The third kappa shape index (κ3) is 13.7. The molecule has 0 heterocycles. The summed E-state index contributed by atoms with van der Waals surface area (Å²) >= 11 is 0. The van der Waals surface area contributed by atoms with E-state index in [1.165, 1.54) is 70.6 Å². The topological polar surface area (TPSA) is 77.0 Å². The summed E-state index contributed by atoms with van der Waals surface area (Å²) in [7, 11) is 1.57. The molecule has 0 saturated carbocycles. The van der Waals surface area contributed by atoms with Gasteiger partial charge in [0.1, 0.15) is 11.5 Å². The Morgan fingerprint density at radius 3 is 1.97 bits per heavy atom. The van der Waals surface area contributed by atoms with Crippen molar-refractivity contribution in [2.45, 2.75) is 96.8 Å². The van der Waals surface area contributed by atoms with Crippen LogP contribution >= 0.6 is 0 Å². The van der Waals surface area contributed by atoms with Crippen molar-refractivity contribution in [1.82, 2.24) is 5.43 Å². The predicted molar refractivity (Wildman–Crippen MR) is 150 cm³/mol. The van der Waals surface area contributed by atoms with Crippen molar-refractivity contribution in [3.05, 3.63) is 59.7 Å². The molecule has 0 aliphatic heterocycles. The van der Waals surface area contributed by atoms with Crippen LogP contribution in [0, 0.1) is 0 Å². The lowest BCUT2D eigenvalue weighted by Gasteiger charge is -2.06. The third-order valence-electron chi connectivity index (χ3n) is 6.30. The zero-order valence-electron chi connectivity index (χ0n) is 22.7. The summed E-state index contributed by atoms with van der Waals surface area (Å²) in [6, 6.07) is 13.7. The van der Waals surface area contributed by atoms with Gasteiger partial charge in [0.2, 0.25) is 5.91 Å². The molecule has 0 spiro atoms. The van der Waals surface area contributed by atoms with Crippen molar-refractivity contribution in [2.75, 3.05) is 7.11 Å². The van der Waals surface area contributed by atoms with Crippen LogP contribution in [0.25, 0.3) is 0 Å². The number of rotatable bonds is 19. The van der Waals surface area contributed by atoms with Gasteiger partial charge < -0.3 is 9.47 Å². The molecule has 0 radical (unpaired) electrons. The Labute approximate surface area is 222 Å². The summed E-state index contributed by atoms with van der Waals surface area (Å²) in [5, 5.41) is 4.04. The number of esters is 1. The molecule has 6 heteroatoms. The van der Waals surface area contributed by atoms with E-state index in [1.54, 1.807) is 55.8 Å². The molecular weight excluding hydrogens is 464 g/mol. The Morgan fingerprint density at radius 2 is 1.38 bits per heavy atom. The molecule has 202 valence electrons. The zero-order valence-corrected chi connectivity index (χ0v) is 22.7. The third-order valence-corrected chi connectivity index (χ3v) is 6.30. The number of nitrogens with one attached hydrogen (secondary N) is 1. The fourth-order valence-electron chi connectivity index (χ4n) is 4.09. The quantitative estimate of drug-likeness (QED) is 0.0689. The van der Waals surface area contributed by atoms with Crippen LogP contribution in [0.3, 0.4) is 0 Å². The highest BCUT2D eigenvalue weighted by Crippen LogP contribution is 2.17. The summed E-state index contributed by atoms with van der Waals surface area (Å²) in [5.41, 5.74) is 3.74. The van der Waals surface area contributed by atoms with Gasteiger partial charge in [0, 0.05) is 6.42 Å². The highest BCUT2D eigenvalue weighted by atomic mass is 16.5. The van der Waals surface area contributed by atoms with Crippen LogP contribution in [-0.4, -0.2) is 25.2 Å². The highest BCUT2D eigenvalue weighted by molar-refractivity contribution is 5.91. The van der Waals surface area contributed by atoms with Crippen molar-refractivity contribution in [2.24, 2.45) is 5.10 Å². The van der Waals surface area contributed by atoms with Crippen LogP contribution in [0.5, 0.6) is 11.5 Å². The molecule has 1 amide bonds. The maximum absolute atomic E-state index is 12.3. The van der Waals surface area contributed by atoms with E-state index in [0.29, 0.717) is 23.5 Å². The number of methoxy groups -OCH3 is 1. The Balaban J connectivity index is 1.55. The SMILES string of the molecule is CCCCCCCCCCCCCCCC(=O)N/N=C/c1cccc(OC(=O)c2ccc(OC)cc2)c1. The molecule has 0 aromatic heterocycles. The minimum atomic E-state index is -0.456. The summed E-state index contributed by atoms with van der Waals surface area (Å²) in [6.45, 7) is 2.26. The second-order valence-corrected chi connectivity index (χ2v) is 9.48. The Bertz CT molecular complexity index is 940. The van der Waals surface area contributed by atoms with Crippen LogP contribution in [0.1, 0.15) is 113 Å². The first-order valence-electron chi connectivity index (χ1n) is 13.9. The van der Waals surface area contributed by atoms with Crippen molar-refractivity contribution in [3.63, 3.8) is 0 Å². The van der Waals surface area contributed by atoms with Gasteiger partial charge in [-0.15, -0.1) is 0 Å². The molecule has 37 heavy (non-hydrogen) atoms. The van der Waals surface area contributed by atoms with Crippen molar-refractivity contribution < 1.29 is 19.1 Å². The molecule has 0 atom stereocenters. The second kappa shape index (κ2) is 19.0. The van der Waals surface area contributed by atoms with Crippen molar-refractivity contribution in [1.29, 1.82) is 0 Å². The summed E-state index contributed by atoms with van der Waals surface area (Å²) in [5.74, 6) is 0.540. The van der Waals surface area contributed by atoms with Gasteiger partial charge in [-0.25, -0.2) is 10.2 Å². The molecule has 1 N–H and O–H groups in total. The van der Waals surface area contributed by atoms with Gasteiger partial charge in [0.25, 0.3) is 0 Å². The first-order chi connectivity index (χ1) is 18.1. The molecule has 2 aromatic rings. The molecular formula is C31H44N2O4. The van der Waals surface area contributed by atoms with Gasteiger partial charge >= 0.3 is 5.97 Å². The van der Waals surface area contributed by atoms with E-state index in [1.807, 2.05) is 6.07 Å². The highest BCUT2D eigenvalue weighted by Gasteiger charge is 2.09. The maximum Gasteiger partial charge on any atom is 0.343 e. The van der Waals surface area contributed by atoms with Crippen molar-refractivity contribution in [3.8, 4) is 11.5 Å². The number of nitrogens with zero attached hydrogens (tertiary/aromatic N) is 1. The lowest BCUT2D eigenvalue weighted by Crippen LogP contribution is -2.16. The largest absolute Gasteiger partial charge is 0.497 e. The van der Waals surface area contributed by atoms with E-state index >= 15 is 0 Å². The molecule has 0 bridgehead atoms. The number of hydrazone groups is 1. The first kappa shape index (κ1) is 30.1. The van der Waals surface area contributed by atoms with E-state index in [0.717, 1.165) is 18.4 Å². The minimum Gasteiger partial charge on any atom is -0.497 e. The van der Waals surface area contributed by atoms with Crippen LogP contribution in [-0.2, 0) is 4.79 Å². The predicted octanol–water partition coefficient (Wildman–Crippen LogP) is 7.85. The molecule has 0 aliphatic carbocycles. The maximum atomic E-state index is 12.3. The van der Waals surface area contributed by atoms with Gasteiger partial charge in [-0.2, -0.15) is 5.10 Å². The number of hydrogen-bond acceptors (Lipinski definition) is 5. The van der Waals surface area contributed by atoms with Gasteiger partial charge in [-0.1, -0.05) is 96.1 Å². The number of hydrogen-bond donors (Lipinski definition) is 1. The van der Waals surface area contributed by atoms with Crippen molar-refractivity contribution >= 4 is 18.1 Å². The monoisotopic (exact) mass is 508 g/mol. The lowest BCUT2D eigenvalue weighted by molar-refractivity contribution is -0.121. The average Bonchev–Trinajstić information content (AvgIpc) is 2.91. The van der Waals surface area contributed by atoms with E-state index in [-0.39, 0.29) is 5.91 Å². The first-order valence-corrected chi connectivity index (χ1v) is 13.9. The second-order valence-electron chi connectivity index (χ2n) is 9.48. The van der Waals surface area contributed by atoms with E-state index in [4.69, 9.17) is 9.47 Å². The average molecular weight is 509 g/mol. The minimum absolute atomic E-state index is 0.0820. The van der Waals surface area contributed by atoms with Crippen LogP contribution in [0.15, 0.2) is 53.6 Å². The number of carbonyl (C=O) groups excluding carboxylic acids is 2. The molecule has 2 rings (SSSR count). The number of amides is 1. The number of benzene rings is 2. The zero-order chi connectivity index (χ0) is 26.6. The summed E-state index contributed by atoms with van der Waals surface area (Å²) in [4.78, 5) is 24.4. The Morgan fingerprint density at radius 1 is 0.784 bits per heavy atom. The van der Waals surface area contributed by atoms with Gasteiger partial charge in [0.05, 0.1) is 18.9 Å². The fraction of sp³-hybridized carbons (Fsp3) is 0.516. The molecule has 0 unspecified atom stereocenters. The lowest BCUT2D eigenvalue weighted by atomic mass is 10.0. The van der Waals surface area contributed by atoms with Gasteiger partial charge in [-0.05, 0) is 48.4 Å². The van der Waals surface area contributed by atoms with Gasteiger partial charge in [0.15, 0.2) is 0 Å². The Kier molecular flexibility index (Phi) is 15.5. The standard InChI is InChI=1S/C31H44N2O4/c1-3-4-5-6-7-8-9-10-11-12-13-14-15-19-30(34)33-32-25-26-17-16-18-29(24-26)37-31(35)27-20-22-28(36-2)23-21-27/h16-18,20-25H,3-15,19H2,1-2H3,(H,33,34)/b32-25+. The number of carbonyl (C=O) groups is 2. The van der Waals surface area contributed by atoms with E-state index in [9.17, 15) is 9.59 Å². The normalized spacial score (nSPS) is 11.0. The van der Waals surface area contributed by atoms with Crippen LogP contribution < -0.4 is 14.9 Å². The smallest absolute Gasteiger partial charge is 0.343 e. The Hall–Kier alpha value is -3.15. The number of unbranched alkanes of at least 4 members (excludes halogenated alkanes) is 12. The molecule has 0 saturated heterocycles. The fourth-order valence-corrected chi connectivity index (χ4v) is 4.09. The molecule has 6 nitrogen and oxygen atoms in total. The van der Waals surface area contributed by atoms with Gasteiger partial charge in [-0.3, -0.25) is 4.79 Å². The van der Waals surface area contributed by atoms with Crippen LogP contribution in [0.2, 0.25) is 0 Å². The molecule has 0 fully saturated rings. The van der Waals surface area contributed by atoms with E-state index in [2.05, 4.69) is 17.5 Å². The molecule has 0 aliphatic rings. The summed E-state index contributed by atoms with van der Waals surface area (Å²) in [6.07, 6.45) is 18.7. The molecule has 2 aromatic carbocycles. The number of ether oxygens (including phenoxy) is 2. The van der Waals surface area contributed by atoms with E-state index < -0.39 is 5.97 Å². The van der Waals surface area contributed by atoms with Crippen LogP contribution in [0.4, 0.5) is 0 Å².